The first-order chi connectivity index (χ1) is 22.2. The molecule has 1 aromatic heterocycles. The number of carbonyl (C=O) groups excluding carboxylic acids is 2. The van der Waals surface area contributed by atoms with E-state index in [0.29, 0.717) is 16.4 Å². The molecule has 4 heterocycles. The van der Waals surface area contributed by atoms with Crippen LogP contribution in [0, 0.1) is 0 Å². The highest BCUT2D eigenvalue weighted by Crippen LogP contribution is 2.41. The van der Waals surface area contributed by atoms with Gasteiger partial charge in [-0.2, -0.15) is 0 Å². The van der Waals surface area contributed by atoms with E-state index in [9.17, 15) is 34.5 Å². The lowest BCUT2D eigenvalue weighted by atomic mass is 10.0. The van der Waals surface area contributed by atoms with Gasteiger partial charge in [0.1, 0.15) is 40.5 Å². The van der Waals surface area contributed by atoms with Gasteiger partial charge < -0.3 is 47.6 Å². The minimum Gasteiger partial charge on any atom is -0.508 e. The number of aliphatic carboxylic acids is 2. The van der Waals surface area contributed by atoms with Crippen molar-refractivity contribution in [1.29, 1.82) is 0 Å². The Labute approximate surface area is 279 Å². The fourth-order valence-corrected chi connectivity index (χ4v) is 7.63. The van der Waals surface area contributed by atoms with Gasteiger partial charge in [-0.25, -0.2) is 19.6 Å². The van der Waals surface area contributed by atoms with Crippen molar-refractivity contribution in [2.24, 2.45) is 21.6 Å². The Balaban J connectivity index is 1.34. The van der Waals surface area contributed by atoms with Crippen molar-refractivity contribution >= 4 is 80.3 Å². The summed E-state index contributed by atoms with van der Waals surface area (Å²) in [5.41, 5.74) is 16.6. The minimum absolute atomic E-state index is 0.00118. The number of anilines is 2. The monoisotopic (exact) mass is 703 g/mol. The molecule has 2 aromatic rings. The molecule has 10 N–H and O–H groups in total. The number of carboxylic acids is 2. The smallest absolute Gasteiger partial charge is 0.352 e. The summed E-state index contributed by atoms with van der Waals surface area (Å²) in [5.74, 6) is -3.67. The molecule has 1 saturated heterocycles. The van der Waals surface area contributed by atoms with Crippen LogP contribution in [0.25, 0.3) is 0 Å². The number of aliphatic imine (C=N–C) groups is 1. The molecule has 3 aliphatic heterocycles. The van der Waals surface area contributed by atoms with E-state index in [0.717, 1.165) is 16.2 Å². The second-order valence-electron chi connectivity index (χ2n) is 10.7. The van der Waals surface area contributed by atoms with E-state index >= 15 is 0 Å². The second kappa shape index (κ2) is 13.1. The number of amides is 2. The molecule has 47 heavy (non-hydrogen) atoms. The minimum atomic E-state index is -1.79. The number of carbonyl (C=O) groups is 4. The van der Waals surface area contributed by atoms with Crippen molar-refractivity contribution in [2.75, 3.05) is 22.1 Å². The normalized spacial score (nSPS) is 21.4. The highest BCUT2D eigenvalue weighted by atomic mass is 32.2. The molecular formula is C27H29N9O8S3. The summed E-state index contributed by atoms with van der Waals surface area (Å²) in [6.45, 7) is 2.47. The summed E-state index contributed by atoms with van der Waals surface area (Å²) in [5, 5.41) is 36.7. The zero-order valence-electron chi connectivity index (χ0n) is 24.7. The number of nitrogens with zero attached hydrogens (tertiary/aromatic N) is 5. The Hall–Kier alpha value is -4.79. The molecule has 3 aliphatic rings. The van der Waals surface area contributed by atoms with Crippen molar-refractivity contribution in [3.63, 3.8) is 0 Å². The maximum absolute atomic E-state index is 13.3. The van der Waals surface area contributed by atoms with E-state index < -0.39 is 52.6 Å². The Morgan fingerprint density at radius 1 is 1.19 bits per heavy atom. The number of thiazole rings is 1. The van der Waals surface area contributed by atoms with Gasteiger partial charge >= 0.3 is 11.9 Å². The van der Waals surface area contributed by atoms with Crippen molar-refractivity contribution in [2.45, 2.75) is 37.0 Å². The maximum Gasteiger partial charge on any atom is 0.352 e. The zero-order chi connectivity index (χ0) is 34.2. The number of carboxylic acid groups (broad SMARTS) is 2. The molecule has 3 atom stereocenters. The number of nitrogens with two attached hydrogens (primary N) is 3. The number of aromatic hydroxyl groups is 1. The summed E-state index contributed by atoms with van der Waals surface area (Å²) in [4.78, 5) is 66.9. The van der Waals surface area contributed by atoms with Gasteiger partial charge in [0.25, 0.3) is 11.8 Å². The van der Waals surface area contributed by atoms with E-state index in [4.69, 9.17) is 22.0 Å². The van der Waals surface area contributed by atoms with Gasteiger partial charge in [0, 0.05) is 22.6 Å². The van der Waals surface area contributed by atoms with Crippen LogP contribution in [0.2, 0.25) is 0 Å². The summed E-state index contributed by atoms with van der Waals surface area (Å²) in [6.07, 6.45) is 0.861. The molecule has 20 heteroatoms. The van der Waals surface area contributed by atoms with Gasteiger partial charge in [-0.3, -0.25) is 14.5 Å². The van der Waals surface area contributed by atoms with Gasteiger partial charge in [0.05, 0.1) is 0 Å². The second-order valence-corrected chi connectivity index (χ2v) is 13.6. The average molecular weight is 704 g/mol. The highest BCUT2D eigenvalue weighted by Gasteiger charge is 2.54. The van der Waals surface area contributed by atoms with Gasteiger partial charge in [-0.05, 0) is 49.8 Å². The van der Waals surface area contributed by atoms with Crippen molar-refractivity contribution in [1.82, 2.24) is 15.2 Å². The SMILES string of the molecule is CC(C)(O/N=C(\C(=O)NC1C(=O)N2C(C(=O)O)=C(CSC3=NC(N)=CC(N)N3c3ccc(O)cc3)CS[C@@H]12)c1csc(N)n1)C(=O)O. The topological polar surface area (TPSA) is 272 Å². The number of hydrogen-bond donors (Lipinski definition) is 7. The van der Waals surface area contributed by atoms with Crippen LogP contribution in [0.5, 0.6) is 5.75 Å². The predicted octanol–water partition coefficient (Wildman–Crippen LogP) is 0.448. The van der Waals surface area contributed by atoms with Crippen LogP contribution in [-0.2, 0) is 24.0 Å². The number of rotatable bonds is 10. The van der Waals surface area contributed by atoms with Crippen LogP contribution < -0.4 is 27.4 Å². The number of nitrogen functional groups attached to an aromatic ring is 1. The third kappa shape index (κ3) is 6.84. The van der Waals surface area contributed by atoms with Crippen LogP contribution in [-0.4, -0.2) is 94.5 Å². The fraction of sp³-hybridized carbons (Fsp3) is 0.296. The molecule has 1 aromatic carbocycles. The largest absolute Gasteiger partial charge is 0.508 e. The van der Waals surface area contributed by atoms with Crippen LogP contribution in [0.3, 0.4) is 0 Å². The number of oxime groups is 1. The molecule has 5 rings (SSSR count). The van der Waals surface area contributed by atoms with Crippen LogP contribution in [0.1, 0.15) is 19.5 Å². The molecule has 0 radical (unpaired) electrons. The summed E-state index contributed by atoms with van der Waals surface area (Å²) in [6, 6.07) is 5.15. The molecule has 0 saturated carbocycles. The first-order valence-corrected chi connectivity index (χ1v) is 16.5. The first kappa shape index (κ1) is 33.6. The number of aromatic nitrogens is 1. The van der Waals surface area contributed by atoms with Gasteiger partial charge in [-0.15, -0.1) is 23.1 Å². The Bertz CT molecular complexity index is 1760. The predicted molar refractivity (Wildman–Crippen MR) is 176 cm³/mol. The molecule has 2 amide bonds. The van der Waals surface area contributed by atoms with Gasteiger partial charge in [-0.1, -0.05) is 16.9 Å². The lowest BCUT2D eigenvalue weighted by molar-refractivity contribution is -0.161. The zero-order valence-corrected chi connectivity index (χ0v) is 27.1. The molecule has 0 bridgehead atoms. The van der Waals surface area contributed by atoms with Crippen LogP contribution in [0.4, 0.5) is 10.8 Å². The third-order valence-corrected chi connectivity index (χ3v) is 10.0. The fourth-order valence-electron chi connectivity index (χ4n) is 4.53. The number of thioether (sulfide) groups is 2. The summed E-state index contributed by atoms with van der Waals surface area (Å²) in [7, 11) is 0. The molecule has 17 nitrogen and oxygen atoms in total. The highest BCUT2D eigenvalue weighted by molar-refractivity contribution is 8.14. The first-order valence-electron chi connectivity index (χ1n) is 13.6. The third-order valence-electron chi connectivity index (χ3n) is 6.97. The van der Waals surface area contributed by atoms with Crippen LogP contribution >= 0.6 is 34.9 Å². The molecule has 2 unspecified atom stereocenters. The molecule has 1 fully saturated rings. The summed E-state index contributed by atoms with van der Waals surface area (Å²) >= 11 is 3.43. The number of phenolic OH excluding ortho intramolecular Hbond substituents is 1. The Morgan fingerprint density at radius 3 is 2.51 bits per heavy atom. The Morgan fingerprint density at radius 2 is 1.89 bits per heavy atom. The number of phenols is 1. The number of nitrogens with one attached hydrogen (secondary N) is 1. The maximum atomic E-state index is 13.3. The van der Waals surface area contributed by atoms with Crippen LogP contribution in [0.15, 0.2) is 63.0 Å². The molecule has 0 spiro atoms. The molecule has 0 aliphatic carbocycles. The number of hydrogen-bond acceptors (Lipinski definition) is 16. The Kier molecular flexibility index (Phi) is 9.39. The van der Waals surface area contributed by atoms with Gasteiger partial charge in [0.15, 0.2) is 16.0 Å². The number of benzene rings is 1. The lowest BCUT2D eigenvalue weighted by Crippen LogP contribution is -2.71. The van der Waals surface area contributed by atoms with Gasteiger partial charge in [0.2, 0.25) is 5.60 Å². The number of β-lactam (4-membered cyclic amide) rings is 1. The standard InChI is InChI=1S/C27H29N9O8S3/c1-27(2,24(42)43)44-34-17(14-10-46-25(30)31-14)20(38)33-18-21(39)36-19(23(40)41)11(8-45-22(18)36)9-47-26-32-15(28)7-16(29)35(26)12-3-5-13(37)6-4-12/h3-7,10,16,18,22,37H,8-9,28-29H2,1-2H3,(H2,30,31)(H,33,38)(H,40,41)(H,42,43)/b34-17-/t16?,18?,22-/m0/s1. The van der Waals surface area contributed by atoms with E-state index in [1.807, 2.05) is 0 Å². The van der Waals surface area contributed by atoms with E-state index in [2.05, 4.69) is 20.4 Å². The molecule has 248 valence electrons. The lowest BCUT2D eigenvalue weighted by Gasteiger charge is -2.49. The molecular weight excluding hydrogens is 675 g/mol. The van der Waals surface area contributed by atoms with E-state index in [-0.39, 0.29) is 39.6 Å². The number of fused-ring (bicyclic) bond motifs is 1. The van der Waals surface area contributed by atoms with Crippen molar-refractivity contribution in [3.05, 3.63) is 58.5 Å². The number of amidine groups is 1. The van der Waals surface area contributed by atoms with Crippen molar-refractivity contribution in [3.8, 4) is 5.75 Å². The quantitative estimate of drug-likeness (QED) is 0.101. The summed E-state index contributed by atoms with van der Waals surface area (Å²) < 4.78 is 0. The van der Waals surface area contributed by atoms with Crippen molar-refractivity contribution < 1.29 is 39.3 Å². The average Bonchev–Trinajstić information content (AvgIpc) is 3.44. The van der Waals surface area contributed by atoms with E-state index in [1.54, 1.807) is 23.1 Å². The van der Waals surface area contributed by atoms with E-state index in [1.165, 1.54) is 54.9 Å².